The quantitative estimate of drug-likeness (QED) is 0.654. The lowest BCUT2D eigenvalue weighted by atomic mass is 9.82. The van der Waals surface area contributed by atoms with Crippen molar-refractivity contribution in [1.29, 1.82) is 0 Å². The Hall–Kier alpha value is -3.44. The van der Waals surface area contributed by atoms with Gasteiger partial charge < -0.3 is 19.9 Å². The fraction of sp³-hybridized carbons (Fsp3) is 0.409. The molecule has 4 rings (SSSR count). The molecule has 2 aliphatic rings. The molecule has 1 fully saturated rings. The Morgan fingerprint density at radius 1 is 1.12 bits per heavy atom. The van der Waals surface area contributed by atoms with E-state index in [0.29, 0.717) is 12.1 Å². The fourth-order valence-electron chi connectivity index (χ4n) is 4.58. The number of nitrogens with one attached hydrogen (secondary N) is 1. The number of aromatic hydroxyl groups is 1. The van der Waals surface area contributed by atoms with Crippen LogP contribution in [0.5, 0.6) is 5.75 Å². The first kappa shape index (κ1) is 23.7. The number of rotatable bonds is 3. The molecule has 2 N–H and O–H groups in total. The molecule has 2 aromatic rings. The number of carbonyl (C=O) groups is 2. The summed E-state index contributed by atoms with van der Waals surface area (Å²) in [6.07, 6.45) is -2.82. The van der Waals surface area contributed by atoms with E-state index in [4.69, 9.17) is 0 Å². The summed E-state index contributed by atoms with van der Waals surface area (Å²) in [6, 6.07) is -1.10. The van der Waals surface area contributed by atoms with Crippen LogP contribution in [0, 0.1) is 23.4 Å². The van der Waals surface area contributed by atoms with Gasteiger partial charge in [-0.3, -0.25) is 14.4 Å². The van der Waals surface area contributed by atoms with Crippen LogP contribution in [0.2, 0.25) is 0 Å². The number of fused-ring (bicyclic) bond motifs is 2. The zero-order chi connectivity index (χ0) is 25.1. The lowest BCUT2D eigenvalue weighted by Crippen LogP contribution is -2.65. The third-order valence-corrected chi connectivity index (χ3v) is 6.52. The highest BCUT2D eigenvalue weighted by Gasteiger charge is 2.51. The van der Waals surface area contributed by atoms with Crippen molar-refractivity contribution in [3.8, 4) is 5.75 Å². The van der Waals surface area contributed by atoms with Crippen molar-refractivity contribution in [2.45, 2.75) is 51.4 Å². The van der Waals surface area contributed by atoms with E-state index in [1.54, 1.807) is 0 Å². The Bertz CT molecular complexity index is 1230. The van der Waals surface area contributed by atoms with Gasteiger partial charge in [0.1, 0.15) is 29.2 Å². The highest BCUT2D eigenvalue weighted by atomic mass is 19.2. The summed E-state index contributed by atoms with van der Waals surface area (Å²) < 4.78 is 70.6. The lowest BCUT2D eigenvalue weighted by molar-refractivity contribution is -0.0559. The largest absolute Gasteiger partial charge is 0.503 e. The molecule has 0 spiro atoms. The summed E-state index contributed by atoms with van der Waals surface area (Å²) in [5.74, 6) is -7.63. The van der Waals surface area contributed by atoms with Gasteiger partial charge in [0.05, 0.1) is 12.1 Å². The third kappa shape index (κ3) is 3.61. The monoisotopic (exact) mass is 485 g/mol. The van der Waals surface area contributed by atoms with Crippen molar-refractivity contribution in [1.82, 2.24) is 14.8 Å². The summed E-state index contributed by atoms with van der Waals surface area (Å²) in [5.41, 5.74) is -2.99. The van der Waals surface area contributed by atoms with Crippen LogP contribution in [-0.2, 0) is 13.1 Å². The second-order valence-corrected chi connectivity index (χ2v) is 8.52. The van der Waals surface area contributed by atoms with Crippen molar-refractivity contribution < 1.29 is 36.6 Å². The summed E-state index contributed by atoms with van der Waals surface area (Å²) in [7, 11) is 0. The number of aromatic nitrogens is 1. The second kappa shape index (κ2) is 8.41. The van der Waals surface area contributed by atoms with Gasteiger partial charge in [-0.1, -0.05) is 6.92 Å². The molecule has 0 saturated carbocycles. The molecule has 34 heavy (non-hydrogen) atoms. The minimum Gasteiger partial charge on any atom is -0.503 e. The van der Waals surface area contributed by atoms with E-state index in [0.717, 1.165) is 15.7 Å². The molecule has 12 heteroatoms. The normalized spacial score (nSPS) is 26.1. The summed E-state index contributed by atoms with van der Waals surface area (Å²) in [5, 5.41) is 12.5. The molecule has 1 aromatic heterocycles. The zero-order valence-corrected chi connectivity index (χ0v) is 18.0. The molecule has 2 unspecified atom stereocenters. The molecular weight excluding hydrogens is 465 g/mol. The summed E-state index contributed by atoms with van der Waals surface area (Å²) in [4.78, 5) is 39.3. The summed E-state index contributed by atoms with van der Waals surface area (Å²) in [6.45, 7) is 1.90. The van der Waals surface area contributed by atoms with Crippen LogP contribution in [0.4, 0.5) is 22.0 Å². The van der Waals surface area contributed by atoms with E-state index < -0.39 is 94.2 Å². The van der Waals surface area contributed by atoms with Gasteiger partial charge >= 0.3 is 0 Å². The third-order valence-electron chi connectivity index (χ3n) is 6.52. The Morgan fingerprint density at radius 2 is 1.74 bits per heavy atom. The van der Waals surface area contributed by atoms with Gasteiger partial charge in [-0.05, 0) is 6.92 Å². The molecule has 1 aromatic carbocycles. The Balaban J connectivity index is 1.67. The number of piperidine rings is 1. The van der Waals surface area contributed by atoms with Crippen LogP contribution in [0.1, 0.15) is 40.3 Å². The minimum absolute atomic E-state index is 0.130. The van der Waals surface area contributed by atoms with Gasteiger partial charge in [0.15, 0.2) is 17.6 Å². The SMILES string of the molecule is C[C@@H]1C(F)C(F)[C@H](C)[C@@H]2Cn3cc(C(=O)NCc4c(F)cc(F)cc4F)c(=O)c(O)c3C(=O)N12. The maximum absolute atomic E-state index is 14.4. The number of pyridine rings is 1. The van der Waals surface area contributed by atoms with Crippen LogP contribution in [0.3, 0.4) is 0 Å². The van der Waals surface area contributed by atoms with E-state index in [1.807, 2.05) is 0 Å². The van der Waals surface area contributed by atoms with E-state index in [-0.39, 0.29) is 6.54 Å². The molecular formula is C22H20F5N3O4. The van der Waals surface area contributed by atoms with Crippen molar-refractivity contribution in [3.05, 3.63) is 62.8 Å². The average Bonchev–Trinajstić information content (AvgIpc) is 2.77. The van der Waals surface area contributed by atoms with Crippen LogP contribution < -0.4 is 10.7 Å². The van der Waals surface area contributed by atoms with E-state index >= 15 is 0 Å². The van der Waals surface area contributed by atoms with Gasteiger partial charge in [-0.25, -0.2) is 22.0 Å². The van der Waals surface area contributed by atoms with Crippen molar-refractivity contribution in [2.75, 3.05) is 0 Å². The number of hydrogen-bond acceptors (Lipinski definition) is 4. The number of benzene rings is 1. The van der Waals surface area contributed by atoms with Crippen LogP contribution in [0.15, 0.2) is 23.1 Å². The predicted octanol–water partition coefficient (Wildman–Crippen LogP) is 2.44. The zero-order valence-electron chi connectivity index (χ0n) is 18.0. The molecule has 1 saturated heterocycles. The molecule has 0 aliphatic carbocycles. The van der Waals surface area contributed by atoms with Crippen molar-refractivity contribution in [2.24, 2.45) is 5.92 Å². The minimum atomic E-state index is -1.95. The molecule has 7 nitrogen and oxygen atoms in total. The maximum atomic E-state index is 14.4. The second-order valence-electron chi connectivity index (χ2n) is 8.52. The van der Waals surface area contributed by atoms with Crippen LogP contribution in [0.25, 0.3) is 0 Å². The maximum Gasteiger partial charge on any atom is 0.275 e. The molecule has 0 bridgehead atoms. The van der Waals surface area contributed by atoms with Crippen molar-refractivity contribution in [3.63, 3.8) is 0 Å². The summed E-state index contributed by atoms with van der Waals surface area (Å²) >= 11 is 0. The Morgan fingerprint density at radius 3 is 2.35 bits per heavy atom. The first-order valence-electron chi connectivity index (χ1n) is 10.4. The topological polar surface area (TPSA) is 91.6 Å². The van der Waals surface area contributed by atoms with E-state index in [9.17, 15) is 41.4 Å². The molecule has 2 aliphatic heterocycles. The molecule has 2 amide bonds. The van der Waals surface area contributed by atoms with Gasteiger partial charge in [0.2, 0.25) is 5.43 Å². The average molecular weight is 485 g/mol. The Kier molecular flexibility index (Phi) is 5.86. The Labute approximate surface area is 189 Å². The molecule has 3 heterocycles. The standard InChI is InChI=1S/C22H20F5N3O4/c1-8-15-7-29-6-12(21(33)28-5-11-13(24)3-10(23)4-14(11)25)19(31)20(32)18(29)22(34)30(15)9(2)17(27)16(8)26/h3-4,6,8-9,15-17,32H,5,7H2,1-2H3,(H,28,33)/t8-,9-,15+,16?,17?/m1/s1. The lowest BCUT2D eigenvalue weighted by Gasteiger charge is -2.50. The predicted molar refractivity (Wildman–Crippen MR) is 108 cm³/mol. The molecule has 5 atom stereocenters. The number of hydrogen-bond donors (Lipinski definition) is 2. The highest BCUT2D eigenvalue weighted by Crippen LogP contribution is 2.38. The first-order valence-corrected chi connectivity index (χ1v) is 10.4. The highest BCUT2D eigenvalue weighted by molar-refractivity contribution is 5.99. The fourth-order valence-corrected chi connectivity index (χ4v) is 4.58. The molecule has 0 radical (unpaired) electrons. The number of amides is 2. The number of nitrogens with zero attached hydrogens (tertiary/aromatic N) is 2. The van der Waals surface area contributed by atoms with Crippen molar-refractivity contribution >= 4 is 11.8 Å². The number of carbonyl (C=O) groups excluding carboxylic acids is 2. The van der Waals surface area contributed by atoms with Gasteiger partial charge in [-0.15, -0.1) is 0 Å². The van der Waals surface area contributed by atoms with E-state index in [1.165, 1.54) is 13.8 Å². The number of alkyl halides is 2. The van der Waals surface area contributed by atoms with Crippen LogP contribution >= 0.6 is 0 Å². The van der Waals surface area contributed by atoms with Gasteiger partial charge in [0.25, 0.3) is 11.8 Å². The molecule has 182 valence electrons. The first-order chi connectivity index (χ1) is 15.9. The smallest absolute Gasteiger partial charge is 0.275 e. The number of halogens is 5. The van der Waals surface area contributed by atoms with E-state index in [2.05, 4.69) is 5.32 Å². The van der Waals surface area contributed by atoms with Gasteiger partial charge in [0, 0.05) is 42.9 Å². The van der Waals surface area contributed by atoms with Gasteiger partial charge in [-0.2, -0.15) is 0 Å². The van der Waals surface area contributed by atoms with Crippen LogP contribution in [-0.4, -0.2) is 50.8 Å².